The molecule has 0 aromatic heterocycles. The van der Waals surface area contributed by atoms with Gasteiger partial charge in [0.1, 0.15) is 6.04 Å². The van der Waals surface area contributed by atoms with Crippen molar-refractivity contribution in [2.45, 2.75) is 38.6 Å². The lowest BCUT2D eigenvalue weighted by molar-refractivity contribution is -0.384. The number of imide groups is 1. The van der Waals surface area contributed by atoms with Gasteiger partial charge in [0.05, 0.1) is 17.0 Å². The van der Waals surface area contributed by atoms with Crippen molar-refractivity contribution < 1.29 is 19.3 Å². The average Bonchev–Trinajstić information content (AvgIpc) is 3.17. The number of nitro benzene ring substituents is 1. The molecule has 0 spiro atoms. The van der Waals surface area contributed by atoms with Crippen molar-refractivity contribution >= 4 is 40.7 Å². The van der Waals surface area contributed by atoms with Crippen LogP contribution in [0.15, 0.2) is 72.8 Å². The summed E-state index contributed by atoms with van der Waals surface area (Å²) in [4.78, 5) is 53.3. The van der Waals surface area contributed by atoms with Crippen LogP contribution >= 0.6 is 11.6 Å². The zero-order valence-corrected chi connectivity index (χ0v) is 21.2. The van der Waals surface area contributed by atoms with Crippen LogP contribution in [0.5, 0.6) is 0 Å². The average molecular weight is 520 g/mol. The fourth-order valence-corrected chi connectivity index (χ4v) is 4.61. The van der Waals surface area contributed by atoms with Crippen LogP contribution in [0.4, 0.5) is 11.4 Å². The quantitative estimate of drug-likeness (QED) is 0.226. The standard InChI is InChI=1S/C28H26ClN3O5/c1-18(2)20-9-11-23(12-10-20)31-26(33)17-25(28(31)35)30(14-13-19-5-3-7-22(29)15-19)27(34)21-6-4-8-24(16-21)32(36)37/h3-12,15-16,18,25H,13-14,17H2,1-2H3. The minimum Gasteiger partial charge on any atom is -0.326 e. The Hall–Kier alpha value is -4.04. The van der Waals surface area contributed by atoms with Gasteiger partial charge in [0, 0.05) is 29.3 Å². The first-order valence-corrected chi connectivity index (χ1v) is 12.3. The molecule has 1 heterocycles. The molecule has 0 N–H and O–H groups in total. The van der Waals surface area contributed by atoms with Gasteiger partial charge >= 0.3 is 0 Å². The van der Waals surface area contributed by atoms with Crippen molar-refractivity contribution in [3.05, 3.63) is 105 Å². The molecular formula is C28H26ClN3O5. The highest BCUT2D eigenvalue weighted by Gasteiger charge is 2.44. The first kappa shape index (κ1) is 26.0. The number of nitrogens with zero attached hydrogens (tertiary/aromatic N) is 3. The highest BCUT2D eigenvalue weighted by atomic mass is 35.5. The number of nitro groups is 1. The van der Waals surface area contributed by atoms with Crippen LogP contribution in [0.2, 0.25) is 5.02 Å². The van der Waals surface area contributed by atoms with E-state index in [2.05, 4.69) is 13.8 Å². The number of anilines is 1. The molecule has 9 heteroatoms. The van der Waals surface area contributed by atoms with E-state index in [1.807, 2.05) is 18.2 Å². The predicted molar refractivity (Wildman–Crippen MR) is 141 cm³/mol. The lowest BCUT2D eigenvalue weighted by atomic mass is 10.0. The van der Waals surface area contributed by atoms with Crippen LogP contribution in [-0.2, 0) is 16.0 Å². The maximum Gasteiger partial charge on any atom is 0.270 e. The molecule has 1 aliphatic heterocycles. The topological polar surface area (TPSA) is 101 Å². The van der Waals surface area contributed by atoms with E-state index in [0.717, 1.165) is 16.0 Å². The van der Waals surface area contributed by atoms with Crippen LogP contribution in [0.25, 0.3) is 0 Å². The highest BCUT2D eigenvalue weighted by Crippen LogP contribution is 2.29. The van der Waals surface area contributed by atoms with Crippen LogP contribution < -0.4 is 4.90 Å². The van der Waals surface area contributed by atoms with E-state index >= 15 is 0 Å². The second-order valence-electron chi connectivity index (χ2n) is 9.22. The van der Waals surface area contributed by atoms with E-state index in [4.69, 9.17) is 11.6 Å². The molecule has 3 amide bonds. The Balaban J connectivity index is 1.65. The molecule has 1 saturated heterocycles. The Morgan fingerprint density at radius 2 is 1.78 bits per heavy atom. The Labute approximate surface area is 219 Å². The van der Waals surface area contributed by atoms with Gasteiger partial charge in [-0.3, -0.25) is 24.5 Å². The molecule has 1 atom stereocenters. The molecule has 0 aliphatic carbocycles. The minimum atomic E-state index is -1.04. The normalized spacial score (nSPS) is 15.4. The smallest absolute Gasteiger partial charge is 0.270 e. The lowest BCUT2D eigenvalue weighted by Crippen LogP contribution is -2.46. The van der Waals surface area contributed by atoms with E-state index in [1.54, 1.807) is 30.3 Å². The van der Waals surface area contributed by atoms with E-state index < -0.39 is 28.7 Å². The Bertz CT molecular complexity index is 1360. The van der Waals surface area contributed by atoms with Gasteiger partial charge in [-0.15, -0.1) is 0 Å². The first-order valence-electron chi connectivity index (χ1n) is 11.9. The van der Waals surface area contributed by atoms with Gasteiger partial charge in [0.2, 0.25) is 5.91 Å². The first-order chi connectivity index (χ1) is 17.7. The van der Waals surface area contributed by atoms with Crippen molar-refractivity contribution in [2.75, 3.05) is 11.4 Å². The molecule has 190 valence electrons. The Morgan fingerprint density at radius 1 is 1.08 bits per heavy atom. The number of carbonyl (C=O) groups is 3. The summed E-state index contributed by atoms with van der Waals surface area (Å²) in [5, 5.41) is 11.8. The van der Waals surface area contributed by atoms with Gasteiger partial charge in [-0.25, -0.2) is 4.90 Å². The van der Waals surface area contributed by atoms with Crippen LogP contribution in [-0.4, -0.2) is 40.1 Å². The predicted octanol–water partition coefficient (Wildman–Crippen LogP) is 5.39. The van der Waals surface area contributed by atoms with Crippen molar-refractivity contribution in [3.63, 3.8) is 0 Å². The van der Waals surface area contributed by atoms with Crippen LogP contribution in [0.3, 0.4) is 0 Å². The summed E-state index contributed by atoms with van der Waals surface area (Å²) in [5.41, 5.74) is 2.20. The lowest BCUT2D eigenvalue weighted by Gasteiger charge is -2.28. The molecule has 1 unspecified atom stereocenters. The minimum absolute atomic E-state index is 0.0697. The molecule has 1 aliphatic rings. The number of non-ortho nitro benzene ring substituents is 1. The molecular weight excluding hydrogens is 494 g/mol. The van der Waals surface area contributed by atoms with Crippen LogP contribution in [0, 0.1) is 10.1 Å². The highest BCUT2D eigenvalue weighted by molar-refractivity contribution is 6.30. The van der Waals surface area contributed by atoms with Gasteiger partial charge in [-0.05, 0) is 53.8 Å². The SMILES string of the molecule is CC(C)c1ccc(N2C(=O)CC(N(CCc3cccc(Cl)c3)C(=O)c3cccc([N+](=O)[O-])c3)C2=O)cc1. The molecule has 1 fully saturated rings. The summed E-state index contributed by atoms with van der Waals surface area (Å²) in [5.74, 6) is -1.19. The summed E-state index contributed by atoms with van der Waals surface area (Å²) in [6.45, 7) is 4.22. The Morgan fingerprint density at radius 3 is 2.43 bits per heavy atom. The number of halogens is 1. The molecule has 3 aromatic rings. The third-order valence-corrected chi connectivity index (χ3v) is 6.65. The van der Waals surface area contributed by atoms with Crippen molar-refractivity contribution in [1.82, 2.24) is 4.90 Å². The van der Waals surface area contributed by atoms with E-state index in [0.29, 0.717) is 23.0 Å². The van der Waals surface area contributed by atoms with Gasteiger partial charge in [-0.2, -0.15) is 0 Å². The molecule has 37 heavy (non-hydrogen) atoms. The van der Waals surface area contributed by atoms with E-state index in [1.165, 1.54) is 29.2 Å². The largest absolute Gasteiger partial charge is 0.326 e. The summed E-state index contributed by atoms with van der Waals surface area (Å²) in [6, 6.07) is 18.7. The van der Waals surface area contributed by atoms with Gasteiger partial charge in [0.25, 0.3) is 17.5 Å². The van der Waals surface area contributed by atoms with Crippen LogP contribution in [0.1, 0.15) is 47.7 Å². The van der Waals surface area contributed by atoms with Crippen molar-refractivity contribution in [3.8, 4) is 0 Å². The van der Waals surface area contributed by atoms with E-state index in [9.17, 15) is 24.5 Å². The fourth-order valence-electron chi connectivity index (χ4n) is 4.40. The number of hydrogen-bond donors (Lipinski definition) is 0. The number of benzene rings is 3. The number of carbonyl (C=O) groups excluding carboxylic acids is 3. The third kappa shape index (κ3) is 5.70. The molecule has 3 aromatic carbocycles. The second kappa shape index (κ2) is 10.9. The number of hydrogen-bond acceptors (Lipinski definition) is 5. The summed E-state index contributed by atoms with van der Waals surface area (Å²) in [6.07, 6.45) is 0.198. The molecule has 8 nitrogen and oxygen atoms in total. The monoisotopic (exact) mass is 519 g/mol. The Kier molecular flexibility index (Phi) is 7.69. The zero-order chi connectivity index (χ0) is 26.7. The number of amides is 3. The van der Waals surface area contributed by atoms with Gasteiger partial charge in [-0.1, -0.05) is 55.8 Å². The second-order valence-corrected chi connectivity index (χ2v) is 9.66. The third-order valence-electron chi connectivity index (χ3n) is 6.41. The summed E-state index contributed by atoms with van der Waals surface area (Å²) >= 11 is 6.10. The molecule has 0 radical (unpaired) electrons. The zero-order valence-electron chi connectivity index (χ0n) is 20.5. The molecule has 0 saturated carbocycles. The number of rotatable bonds is 8. The summed E-state index contributed by atoms with van der Waals surface area (Å²) < 4.78 is 0. The van der Waals surface area contributed by atoms with Gasteiger partial charge < -0.3 is 4.90 Å². The summed E-state index contributed by atoms with van der Waals surface area (Å²) in [7, 11) is 0. The fraction of sp³-hybridized carbons (Fsp3) is 0.250. The maximum atomic E-state index is 13.6. The van der Waals surface area contributed by atoms with Crippen molar-refractivity contribution in [1.29, 1.82) is 0 Å². The molecule has 4 rings (SSSR count). The van der Waals surface area contributed by atoms with Crippen molar-refractivity contribution in [2.24, 2.45) is 0 Å². The maximum absolute atomic E-state index is 13.6. The van der Waals surface area contributed by atoms with Gasteiger partial charge in [0.15, 0.2) is 0 Å². The van der Waals surface area contributed by atoms with E-state index in [-0.39, 0.29) is 24.2 Å². The molecule has 0 bridgehead atoms.